The van der Waals surface area contributed by atoms with Crippen molar-refractivity contribution in [1.29, 1.82) is 0 Å². The van der Waals surface area contributed by atoms with Gasteiger partial charge >= 0.3 is 5.97 Å². The third kappa shape index (κ3) is 3.03. The summed E-state index contributed by atoms with van der Waals surface area (Å²) in [6.07, 6.45) is 6.95. The van der Waals surface area contributed by atoms with Crippen molar-refractivity contribution in [3.05, 3.63) is 33.2 Å². The molecule has 0 unspecified atom stereocenters. The zero-order valence-corrected chi connectivity index (χ0v) is 13.0. The molecule has 1 saturated carbocycles. The van der Waals surface area contributed by atoms with E-state index < -0.39 is 5.97 Å². The third-order valence-corrected chi connectivity index (χ3v) is 5.64. The van der Waals surface area contributed by atoms with Crippen LogP contribution in [-0.2, 0) is 18.7 Å². The fourth-order valence-electron chi connectivity index (χ4n) is 3.51. The van der Waals surface area contributed by atoms with E-state index in [2.05, 4.69) is 0 Å². The van der Waals surface area contributed by atoms with Crippen LogP contribution in [0.4, 0.5) is 0 Å². The monoisotopic (exact) mass is 307 g/mol. The molecule has 1 N–H and O–H groups in total. The smallest absolute Gasteiger partial charge is 0.341 e. The molecular weight excluding hydrogens is 286 g/mol. The average Bonchev–Trinajstić information content (AvgIpc) is 2.50. The first kappa shape index (κ1) is 14.7. The van der Waals surface area contributed by atoms with Gasteiger partial charge in [0.2, 0.25) is 0 Å². The molecule has 1 aliphatic carbocycles. The zero-order valence-electron chi connectivity index (χ0n) is 12.1. The Labute approximate surface area is 128 Å². The minimum Gasteiger partial charge on any atom is -0.477 e. The normalized spacial score (nSPS) is 19.2. The molecule has 4 nitrogen and oxygen atoms in total. The summed E-state index contributed by atoms with van der Waals surface area (Å²) in [5, 5.41) is 9.28. The summed E-state index contributed by atoms with van der Waals surface area (Å²) >= 11 is 1.81. The average molecular weight is 307 g/mol. The number of hydrogen-bond acceptors (Lipinski definition) is 3. The van der Waals surface area contributed by atoms with Crippen molar-refractivity contribution in [3.63, 3.8) is 0 Å². The van der Waals surface area contributed by atoms with Gasteiger partial charge in [-0.15, -0.1) is 0 Å². The Kier molecular flexibility index (Phi) is 4.38. The summed E-state index contributed by atoms with van der Waals surface area (Å²) in [6, 6.07) is 1.60. The minimum absolute atomic E-state index is 0.0629. The standard InChI is InChI=1S/C16H21NO3S/c18-15-13(16(19)20)8-12-10-21-7-6-14(12)17(15)9-11-4-2-1-3-5-11/h8,11H,1-7,9-10H2,(H,19,20). The van der Waals surface area contributed by atoms with Crippen LogP contribution in [0, 0.1) is 5.92 Å². The van der Waals surface area contributed by atoms with E-state index >= 15 is 0 Å². The highest BCUT2D eigenvalue weighted by atomic mass is 32.2. The lowest BCUT2D eigenvalue weighted by Gasteiger charge is -2.27. The molecule has 1 aromatic rings. The van der Waals surface area contributed by atoms with Crippen LogP contribution in [-0.4, -0.2) is 21.4 Å². The fourth-order valence-corrected chi connectivity index (χ4v) is 4.46. The van der Waals surface area contributed by atoms with E-state index in [4.69, 9.17) is 0 Å². The summed E-state index contributed by atoms with van der Waals surface area (Å²) in [5.41, 5.74) is 1.75. The Balaban J connectivity index is 2.01. The van der Waals surface area contributed by atoms with Crippen molar-refractivity contribution in [1.82, 2.24) is 4.57 Å². The van der Waals surface area contributed by atoms with E-state index in [1.807, 2.05) is 11.8 Å². The van der Waals surface area contributed by atoms with E-state index in [0.29, 0.717) is 12.5 Å². The lowest BCUT2D eigenvalue weighted by molar-refractivity contribution is 0.0693. The van der Waals surface area contributed by atoms with Gasteiger partial charge in [-0.05, 0) is 42.6 Å². The van der Waals surface area contributed by atoms with Crippen LogP contribution in [0.1, 0.15) is 53.7 Å². The molecule has 0 saturated heterocycles. The molecule has 0 aromatic carbocycles. The number of hydrogen-bond donors (Lipinski definition) is 1. The molecule has 0 spiro atoms. The number of pyridine rings is 1. The summed E-state index contributed by atoms with van der Waals surface area (Å²) in [4.78, 5) is 23.9. The van der Waals surface area contributed by atoms with Crippen LogP contribution in [0.5, 0.6) is 0 Å². The summed E-state index contributed by atoms with van der Waals surface area (Å²) < 4.78 is 1.79. The maximum atomic E-state index is 12.5. The summed E-state index contributed by atoms with van der Waals surface area (Å²) in [5.74, 6) is 1.26. The number of nitrogens with zero attached hydrogens (tertiary/aromatic N) is 1. The number of carboxylic acid groups (broad SMARTS) is 1. The van der Waals surface area contributed by atoms with Crippen molar-refractivity contribution in [3.8, 4) is 0 Å². The SMILES string of the molecule is O=C(O)c1cc2c(n(CC3CCCCC3)c1=O)CCSC2. The van der Waals surface area contributed by atoms with Gasteiger partial charge in [-0.3, -0.25) is 4.79 Å². The second-order valence-electron chi connectivity index (χ2n) is 6.06. The largest absolute Gasteiger partial charge is 0.477 e. The van der Waals surface area contributed by atoms with Gasteiger partial charge in [-0.1, -0.05) is 19.3 Å². The van der Waals surface area contributed by atoms with E-state index in [-0.39, 0.29) is 11.1 Å². The lowest BCUT2D eigenvalue weighted by Crippen LogP contribution is -2.34. The molecule has 2 heterocycles. The Bertz CT molecular complexity index is 602. The van der Waals surface area contributed by atoms with Gasteiger partial charge in [0.25, 0.3) is 5.56 Å². The number of carboxylic acids is 1. The number of fused-ring (bicyclic) bond motifs is 1. The molecule has 5 heteroatoms. The molecule has 3 rings (SSSR count). The van der Waals surface area contributed by atoms with Crippen LogP contribution in [0.2, 0.25) is 0 Å². The van der Waals surface area contributed by atoms with E-state index in [1.54, 1.807) is 10.6 Å². The highest BCUT2D eigenvalue weighted by molar-refractivity contribution is 7.98. The molecule has 0 amide bonds. The molecule has 0 atom stereocenters. The first-order chi connectivity index (χ1) is 10.2. The molecule has 114 valence electrons. The predicted molar refractivity (Wildman–Crippen MR) is 84.1 cm³/mol. The number of aromatic nitrogens is 1. The molecular formula is C16H21NO3S. The second kappa shape index (κ2) is 6.26. The summed E-state index contributed by atoms with van der Waals surface area (Å²) in [7, 11) is 0. The first-order valence-electron chi connectivity index (χ1n) is 7.73. The topological polar surface area (TPSA) is 59.3 Å². The fraction of sp³-hybridized carbons (Fsp3) is 0.625. The second-order valence-corrected chi connectivity index (χ2v) is 7.16. The molecule has 2 aliphatic rings. The van der Waals surface area contributed by atoms with Crippen molar-refractivity contribution in [2.24, 2.45) is 5.92 Å². The minimum atomic E-state index is -1.10. The number of rotatable bonds is 3. The van der Waals surface area contributed by atoms with Crippen molar-refractivity contribution in [2.75, 3.05) is 5.75 Å². The van der Waals surface area contributed by atoms with Crippen LogP contribution in [0.3, 0.4) is 0 Å². The molecule has 0 bridgehead atoms. The zero-order chi connectivity index (χ0) is 14.8. The van der Waals surface area contributed by atoms with Gasteiger partial charge in [0, 0.05) is 18.0 Å². The Morgan fingerprint density at radius 2 is 2.10 bits per heavy atom. The Morgan fingerprint density at radius 1 is 1.33 bits per heavy atom. The quantitative estimate of drug-likeness (QED) is 0.933. The van der Waals surface area contributed by atoms with Gasteiger partial charge in [0.15, 0.2) is 0 Å². The van der Waals surface area contributed by atoms with Gasteiger partial charge < -0.3 is 9.67 Å². The lowest BCUT2D eigenvalue weighted by atomic mass is 9.89. The molecule has 21 heavy (non-hydrogen) atoms. The highest BCUT2D eigenvalue weighted by Crippen LogP contribution is 2.28. The van der Waals surface area contributed by atoms with Crippen LogP contribution >= 0.6 is 11.8 Å². The van der Waals surface area contributed by atoms with Crippen LogP contribution in [0.15, 0.2) is 10.9 Å². The van der Waals surface area contributed by atoms with Crippen LogP contribution < -0.4 is 5.56 Å². The van der Waals surface area contributed by atoms with Crippen molar-refractivity contribution >= 4 is 17.7 Å². The van der Waals surface area contributed by atoms with Gasteiger partial charge in [0.1, 0.15) is 5.56 Å². The molecule has 1 aromatic heterocycles. The highest BCUT2D eigenvalue weighted by Gasteiger charge is 2.23. The van der Waals surface area contributed by atoms with Gasteiger partial charge in [0.05, 0.1) is 0 Å². The maximum Gasteiger partial charge on any atom is 0.341 e. The van der Waals surface area contributed by atoms with E-state index in [9.17, 15) is 14.7 Å². The molecule has 1 fully saturated rings. The Morgan fingerprint density at radius 3 is 2.81 bits per heavy atom. The predicted octanol–water partition coefficient (Wildman–Crippen LogP) is 2.92. The first-order valence-corrected chi connectivity index (χ1v) is 8.89. The molecule has 1 aliphatic heterocycles. The van der Waals surface area contributed by atoms with Gasteiger partial charge in [-0.25, -0.2) is 4.79 Å². The van der Waals surface area contributed by atoms with Crippen LogP contribution in [0.25, 0.3) is 0 Å². The molecule has 0 radical (unpaired) electrons. The number of thioether (sulfide) groups is 1. The maximum absolute atomic E-state index is 12.5. The summed E-state index contributed by atoms with van der Waals surface area (Å²) in [6.45, 7) is 0.701. The van der Waals surface area contributed by atoms with Crippen molar-refractivity contribution in [2.45, 2.75) is 50.8 Å². The van der Waals surface area contributed by atoms with E-state index in [1.165, 1.54) is 19.3 Å². The number of aromatic carboxylic acids is 1. The Hall–Kier alpha value is -1.23. The van der Waals surface area contributed by atoms with E-state index in [0.717, 1.165) is 42.0 Å². The third-order valence-electron chi connectivity index (χ3n) is 4.63. The van der Waals surface area contributed by atoms with Gasteiger partial charge in [-0.2, -0.15) is 11.8 Å². The number of carbonyl (C=O) groups is 1. The van der Waals surface area contributed by atoms with Crippen molar-refractivity contribution < 1.29 is 9.90 Å².